The van der Waals surface area contributed by atoms with Crippen LogP contribution in [0, 0.1) is 0 Å². The largest absolute Gasteiger partial charge is 0.477 e. The maximum atomic E-state index is 12.1. The summed E-state index contributed by atoms with van der Waals surface area (Å²) >= 11 is 1.50. The molecule has 1 amide bonds. The summed E-state index contributed by atoms with van der Waals surface area (Å²) in [5.74, 6) is 0.0764. The SMILES string of the molecule is CN(C(=O)COC(=O)[C@H]1CSc2ccccc2O1)[C@@H]1CCS(=O)(=O)C1. The molecule has 136 valence electrons. The van der Waals surface area contributed by atoms with Crippen LogP contribution in [0.25, 0.3) is 0 Å². The number of benzene rings is 1. The third-order valence-corrected chi connectivity index (χ3v) is 7.13. The van der Waals surface area contributed by atoms with Crippen LogP contribution in [0.3, 0.4) is 0 Å². The number of carbonyl (C=O) groups is 2. The van der Waals surface area contributed by atoms with Crippen LogP contribution in [-0.4, -0.2) is 68.3 Å². The monoisotopic (exact) mass is 385 g/mol. The summed E-state index contributed by atoms with van der Waals surface area (Å²) in [6.07, 6.45) is -0.345. The van der Waals surface area contributed by atoms with Gasteiger partial charge in [-0.25, -0.2) is 13.2 Å². The van der Waals surface area contributed by atoms with Gasteiger partial charge < -0.3 is 14.4 Å². The molecule has 2 heterocycles. The highest BCUT2D eigenvalue weighted by atomic mass is 32.2. The molecule has 9 heteroatoms. The van der Waals surface area contributed by atoms with Crippen molar-refractivity contribution < 1.29 is 27.5 Å². The molecule has 0 bridgehead atoms. The third-order valence-electron chi connectivity index (χ3n) is 4.26. The zero-order chi connectivity index (χ0) is 18.0. The van der Waals surface area contributed by atoms with Crippen molar-refractivity contribution in [1.29, 1.82) is 0 Å². The van der Waals surface area contributed by atoms with E-state index in [9.17, 15) is 18.0 Å². The molecule has 0 saturated carbocycles. The van der Waals surface area contributed by atoms with Gasteiger partial charge in [0.1, 0.15) is 5.75 Å². The second kappa shape index (κ2) is 7.25. The number of nitrogens with zero attached hydrogens (tertiary/aromatic N) is 1. The van der Waals surface area contributed by atoms with Crippen LogP contribution in [-0.2, 0) is 24.2 Å². The molecule has 1 aromatic carbocycles. The van der Waals surface area contributed by atoms with Gasteiger partial charge in [-0.05, 0) is 18.6 Å². The molecule has 0 spiro atoms. The van der Waals surface area contributed by atoms with E-state index >= 15 is 0 Å². The van der Waals surface area contributed by atoms with E-state index in [0.717, 1.165) is 4.90 Å². The maximum absolute atomic E-state index is 12.1. The number of sulfone groups is 1. The molecule has 2 aliphatic heterocycles. The normalized spacial score (nSPS) is 24.0. The minimum Gasteiger partial charge on any atom is -0.477 e. The molecule has 3 rings (SSSR count). The van der Waals surface area contributed by atoms with Gasteiger partial charge in [-0.1, -0.05) is 12.1 Å². The zero-order valence-corrected chi connectivity index (χ0v) is 15.3. The summed E-state index contributed by atoms with van der Waals surface area (Å²) < 4.78 is 33.7. The number of hydrogen-bond donors (Lipinski definition) is 0. The van der Waals surface area contributed by atoms with Crippen molar-refractivity contribution in [3.05, 3.63) is 24.3 Å². The van der Waals surface area contributed by atoms with E-state index in [4.69, 9.17) is 9.47 Å². The van der Waals surface area contributed by atoms with Gasteiger partial charge in [-0.2, -0.15) is 0 Å². The molecule has 7 nitrogen and oxygen atoms in total. The first-order chi connectivity index (χ1) is 11.9. The third kappa shape index (κ3) is 4.27. The Balaban J connectivity index is 1.50. The lowest BCUT2D eigenvalue weighted by Gasteiger charge is -2.25. The predicted molar refractivity (Wildman–Crippen MR) is 92.4 cm³/mol. The first kappa shape index (κ1) is 18.1. The van der Waals surface area contributed by atoms with Gasteiger partial charge in [0.2, 0.25) is 6.10 Å². The van der Waals surface area contributed by atoms with Crippen LogP contribution in [0.15, 0.2) is 29.2 Å². The number of likely N-dealkylation sites (N-methyl/N-ethyl adjacent to an activating group) is 1. The number of ether oxygens (including phenoxy) is 2. The maximum Gasteiger partial charge on any atom is 0.348 e. The van der Waals surface area contributed by atoms with Crippen LogP contribution in [0.2, 0.25) is 0 Å². The average Bonchev–Trinajstić information content (AvgIpc) is 2.98. The fourth-order valence-electron chi connectivity index (χ4n) is 2.75. The van der Waals surface area contributed by atoms with Crippen LogP contribution in [0.4, 0.5) is 0 Å². The van der Waals surface area contributed by atoms with Crippen molar-refractivity contribution in [2.24, 2.45) is 0 Å². The summed E-state index contributed by atoms with van der Waals surface area (Å²) in [4.78, 5) is 26.6. The van der Waals surface area contributed by atoms with Crippen molar-refractivity contribution in [2.75, 3.05) is 30.9 Å². The van der Waals surface area contributed by atoms with Gasteiger partial charge in [0, 0.05) is 23.7 Å². The minimum atomic E-state index is -3.08. The van der Waals surface area contributed by atoms with E-state index in [2.05, 4.69) is 0 Å². The second-order valence-electron chi connectivity index (χ2n) is 6.03. The van der Waals surface area contributed by atoms with Crippen molar-refractivity contribution in [2.45, 2.75) is 23.5 Å². The first-order valence-electron chi connectivity index (χ1n) is 7.87. The van der Waals surface area contributed by atoms with Gasteiger partial charge in [0.15, 0.2) is 16.4 Å². The van der Waals surface area contributed by atoms with Crippen LogP contribution in [0.1, 0.15) is 6.42 Å². The standard InChI is InChI=1S/C16H19NO6S2/c1-17(11-6-7-25(20,21)10-11)15(18)8-22-16(19)13-9-24-14-5-3-2-4-12(14)23-13/h2-5,11,13H,6-10H2,1H3/t11-,13-/m1/s1. The van der Waals surface area contributed by atoms with Gasteiger partial charge in [0.05, 0.1) is 11.5 Å². The molecule has 1 aromatic rings. The van der Waals surface area contributed by atoms with E-state index in [1.54, 1.807) is 6.07 Å². The highest BCUT2D eigenvalue weighted by Gasteiger charge is 2.34. The van der Waals surface area contributed by atoms with Crippen molar-refractivity contribution in [3.8, 4) is 5.75 Å². The number of esters is 1. The van der Waals surface area contributed by atoms with E-state index in [1.165, 1.54) is 23.7 Å². The Labute approximate surface area is 150 Å². The highest BCUT2D eigenvalue weighted by Crippen LogP contribution is 2.35. The number of fused-ring (bicyclic) bond motifs is 1. The topological polar surface area (TPSA) is 90.0 Å². The fourth-order valence-corrected chi connectivity index (χ4v) is 5.49. The van der Waals surface area contributed by atoms with E-state index in [1.807, 2.05) is 18.2 Å². The van der Waals surface area contributed by atoms with Crippen molar-refractivity contribution >= 4 is 33.5 Å². The molecular formula is C16H19NO6S2. The van der Waals surface area contributed by atoms with Crippen LogP contribution < -0.4 is 4.74 Å². The number of thioether (sulfide) groups is 1. The van der Waals surface area contributed by atoms with Crippen molar-refractivity contribution in [3.63, 3.8) is 0 Å². The number of rotatable bonds is 4. The number of hydrogen-bond acceptors (Lipinski definition) is 7. The molecule has 0 unspecified atom stereocenters. The molecule has 1 saturated heterocycles. The number of para-hydroxylation sites is 1. The Kier molecular flexibility index (Phi) is 5.24. The van der Waals surface area contributed by atoms with Crippen molar-refractivity contribution in [1.82, 2.24) is 4.90 Å². The summed E-state index contributed by atoms with van der Waals surface area (Å²) in [7, 11) is -1.54. The first-order valence-corrected chi connectivity index (χ1v) is 10.7. The molecule has 0 radical (unpaired) electrons. The molecule has 1 fully saturated rings. The van der Waals surface area contributed by atoms with Gasteiger partial charge >= 0.3 is 5.97 Å². The Morgan fingerprint density at radius 1 is 1.36 bits per heavy atom. The average molecular weight is 385 g/mol. The fraction of sp³-hybridized carbons (Fsp3) is 0.500. The Morgan fingerprint density at radius 2 is 2.12 bits per heavy atom. The molecule has 2 atom stereocenters. The smallest absolute Gasteiger partial charge is 0.348 e. The van der Waals surface area contributed by atoms with Crippen LogP contribution in [0.5, 0.6) is 5.75 Å². The summed E-state index contributed by atoms with van der Waals surface area (Å²) in [6.45, 7) is -0.419. The van der Waals surface area contributed by atoms with Gasteiger partial charge in [-0.15, -0.1) is 11.8 Å². The summed E-state index contributed by atoms with van der Waals surface area (Å²) in [5, 5.41) is 0. The molecule has 0 N–H and O–H groups in total. The quantitative estimate of drug-likeness (QED) is 0.706. The minimum absolute atomic E-state index is 0.0393. The lowest BCUT2D eigenvalue weighted by Crippen LogP contribution is -2.42. The predicted octanol–water partition coefficient (Wildman–Crippen LogP) is 0.728. The second-order valence-corrected chi connectivity index (χ2v) is 9.32. The summed E-state index contributed by atoms with van der Waals surface area (Å²) in [5.41, 5.74) is 0. The van der Waals surface area contributed by atoms with E-state index in [0.29, 0.717) is 17.9 Å². The van der Waals surface area contributed by atoms with Gasteiger partial charge in [-0.3, -0.25) is 4.79 Å². The zero-order valence-electron chi connectivity index (χ0n) is 13.7. The molecule has 2 aliphatic rings. The Morgan fingerprint density at radius 3 is 2.84 bits per heavy atom. The Hall–Kier alpha value is -1.74. The lowest BCUT2D eigenvalue weighted by molar-refractivity contribution is -0.157. The molecular weight excluding hydrogens is 366 g/mol. The van der Waals surface area contributed by atoms with E-state index in [-0.39, 0.29) is 17.5 Å². The van der Waals surface area contributed by atoms with Gasteiger partial charge in [0.25, 0.3) is 5.91 Å². The van der Waals surface area contributed by atoms with Crippen LogP contribution >= 0.6 is 11.8 Å². The number of carbonyl (C=O) groups excluding carboxylic acids is 2. The molecule has 25 heavy (non-hydrogen) atoms. The highest BCUT2D eigenvalue weighted by molar-refractivity contribution is 7.99. The lowest BCUT2D eigenvalue weighted by atomic mass is 10.2. The number of amides is 1. The Bertz CT molecular complexity index is 779. The summed E-state index contributed by atoms with van der Waals surface area (Å²) in [6, 6.07) is 7.05. The molecule has 0 aliphatic carbocycles. The molecule has 0 aromatic heterocycles. The van der Waals surface area contributed by atoms with E-state index < -0.39 is 34.4 Å².